The zero-order valence-corrected chi connectivity index (χ0v) is 11.1. The summed E-state index contributed by atoms with van der Waals surface area (Å²) in [5.41, 5.74) is 2.52. The second-order valence-corrected chi connectivity index (χ2v) is 4.59. The smallest absolute Gasteiger partial charge is 0.198 e. The fourth-order valence-corrected chi connectivity index (χ4v) is 1.98. The number of aryl methyl sites for hydroxylation is 2. The third kappa shape index (κ3) is 3.70. The molecule has 0 unspecified atom stereocenters. The van der Waals surface area contributed by atoms with E-state index in [9.17, 15) is 0 Å². The Kier molecular flexibility index (Phi) is 4.53. The van der Waals surface area contributed by atoms with Crippen molar-refractivity contribution in [1.29, 1.82) is 0 Å². The lowest BCUT2D eigenvalue weighted by Gasteiger charge is -1.99. The monoisotopic (exact) mass is 244 g/mol. The van der Waals surface area contributed by atoms with Crippen molar-refractivity contribution in [1.82, 2.24) is 10.3 Å². The van der Waals surface area contributed by atoms with E-state index in [-0.39, 0.29) is 0 Å². The van der Waals surface area contributed by atoms with Crippen LogP contribution in [0.1, 0.15) is 29.2 Å². The molecule has 3 heteroatoms. The van der Waals surface area contributed by atoms with Gasteiger partial charge in [0, 0.05) is 12.8 Å². The predicted molar refractivity (Wildman–Crippen MR) is 72.7 cm³/mol. The Bertz CT molecular complexity index is 491. The molecule has 0 atom stereocenters. The zero-order chi connectivity index (χ0) is 12.8. The second-order valence-electron chi connectivity index (χ2n) is 4.59. The number of rotatable bonds is 6. The van der Waals surface area contributed by atoms with Gasteiger partial charge < -0.3 is 9.73 Å². The molecule has 18 heavy (non-hydrogen) atoms. The van der Waals surface area contributed by atoms with Crippen LogP contribution in [0.5, 0.6) is 0 Å². The highest BCUT2D eigenvalue weighted by atomic mass is 16.4. The number of benzene rings is 1. The molecule has 2 aromatic rings. The van der Waals surface area contributed by atoms with Gasteiger partial charge in [-0.25, -0.2) is 4.98 Å². The van der Waals surface area contributed by atoms with E-state index in [0.717, 1.165) is 37.5 Å². The Morgan fingerprint density at radius 3 is 3.00 bits per heavy atom. The van der Waals surface area contributed by atoms with Crippen LogP contribution in [0.15, 0.2) is 34.9 Å². The lowest BCUT2D eigenvalue weighted by Crippen LogP contribution is -2.08. The third-order valence-electron chi connectivity index (χ3n) is 2.89. The molecule has 1 N–H and O–H groups in total. The molecule has 0 aliphatic heterocycles. The molecular weight excluding hydrogens is 224 g/mol. The average molecular weight is 244 g/mol. The molecule has 1 heterocycles. The van der Waals surface area contributed by atoms with Gasteiger partial charge in [-0.2, -0.15) is 0 Å². The van der Waals surface area contributed by atoms with Gasteiger partial charge in [0.1, 0.15) is 5.76 Å². The van der Waals surface area contributed by atoms with Crippen molar-refractivity contribution in [3.8, 4) is 0 Å². The van der Waals surface area contributed by atoms with Crippen molar-refractivity contribution in [2.45, 2.75) is 26.2 Å². The summed E-state index contributed by atoms with van der Waals surface area (Å²) in [5, 5.41) is 3.13. The Hall–Kier alpha value is -1.61. The van der Waals surface area contributed by atoms with Crippen molar-refractivity contribution in [2.24, 2.45) is 0 Å². The molecule has 0 aliphatic carbocycles. The van der Waals surface area contributed by atoms with Crippen molar-refractivity contribution in [2.75, 3.05) is 13.6 Å². The maximum Gasteiger partial charge on any atom is 0.198 e. The van der Waals surface area contributed by atoms with Crippen molar-refractivity contribution < 1.29 is 4.42 Å². The van der Waals surface area contributed by atoms with Crippen LogP contribution in [0.4, 0.5) is 0 Å². The Morgan fingerprint density at radius 2 is 2.22 bits per heavy atom. The summed E-state index contributed by atoms with van der Waals surface area (Å²) in [4.78, 5) is 4.33. The lowest BCUT2D eigenvalue weighted by atomic mass is 10.1. The summed E-state index contributed by atoms with van der Waals surface area (Å²) in [5.74, 6) is 1.79. The van der Waals surface area contributed by atoms with Crippen LogP contribution in [-0.2, 0) is 12.8 Å². The largest absolute Gasteiger partial charge is 0.445 e. The van der Waals surface area contributed by atoms with E-state index >= 15 is 0 Å². The number of oxazole rings is 1. The van der Waals surface area contributed by atoms with Crippen LogP contribution < -0.4 is 5.32 Å². The molecule has 0 aliphatic rings. The molecule has 2 rings (SSSR count). The highest BCUT2D eigenvalue weighted by Gasteiger charge is 2.05. The van der Waals surface area contributed by atoms with Crippen molar-refractivity contribution >= 4 is 0 Å². The standard InChI is InChI=1S/C15H20N2O/c1-12-5-3-6-13(9-12)10-15-17-11-14(18-15)7-4-8-16-2/h3,5-6,9,11,16H,4,7-8,10H2,1-2H3. The van der Waals surface area contributed by atoms with E-state index in [0.29, 0.717) is 0 Å². The molecule has 0 fully saturated rings. The van der Waals surface area contributed by atoms with Crippen LogP contribution in [0.2, 0.25) is 0 Å². The molecule has 3 nitrogen and oxygen atoms in total. The Morgan fingerprint density at radius 1 is 1.33 bits per heavy atom. The quantitative estimate of drug-likeness (QED) is 0.794. The van der Waals surface area contributed by atoms with Crippen LogP contribution in [0.25, 0.3) is 0 Å². The van der Waals surface area contributed by atoms with Gasteiger partial charge in [0.05, 0.1) is 6.20 Å². The summed E-state index contributed by atoms with van der Waals surface area (Å²) >= 11 is 0. The minimum absolute atomic E-state index is 0.772. The normalized spacial score (nSPS) is 10.8. The molecule has 0 bridgehead atoms. The Balaban J connectivity index is 1.94. The second kappa shape index (κ2) is 6.36. The van der Waals surface area contributed by atoms with E-state index in [1.807, 2.05) is 13.2 Å². The number of nitrogens with zero attached hydrogens (tertiary/aromatic N) is 1. The number of hydrogen-bond acceptors (Lipinski definition) is 3. The molecule has 0 spiro atoms. The van der Waals surface area contributed by atoms with E-state index in [4.69, 9.17) is 4.42 Å². The van der Waals surface area contributed by atoms with E-state index in [1.165, 1.54) is 11.1 Å². The molecule has 0 radical (unpaired) electrons. The summed E-state index contributed by atoms with van der Waals surface area (Å²) in [6.07, 6.45) is 4.64. The van der Waals surface area contributed by atoms with Gasteiger partial charge >= 0.3 is 0 Å². The van der Waals surface area contributed by atoms with Gasteiger partial charge in [0.15, 0.2) is 5.89 Å². The molecule has 96 valence electrons. The topological polar surface area (TPSA) is 38.1 Å². The minimum atomic E-state index is 0.772. The van der Waals surface area contributed by atoms with E-state index < -0.39 is 0 Å². The van der Waals surface area contributed by atoms with E-state index in [2.05, 4.69) is 41.5 Å². The SMILES string of the molecule is CNCCCc1cnc(Cc2cccc(C)c2)o1. The molecule has 1 aromatic carbocycles. The van der Waals surface area contributed by atoms with E-state index in [1.54, 1.807) is 0 Å². The van der Waals surface area contributed by atoms with Gasteiger partial charge in [-0.05, 0) is 32.5 Å². The first-order chi connectivity index (χ1) is 8.78. The summed E-state index contributed by atoms with van der Waals surface area (Å²) in [6.45, 7) is 3.11. The van der Waals surface area contributed by atoms with Crippen molar-refractivity contribution in [3.63, 3.8) is 0 Å². The fourth-order valence-electron chi connectivity index (χ4n) is 1.98. The highest BCUT2D eigenvalue weighted by Crippen LogP contribution is 2.12. The predicted octanol–water partition coefficient (Wildman–Crippen LogP) is 2.73. The van der Waals surface area contributed by atoms with Crippen LogP contribution >= 0.6 is 0 Å². The molecule has 0 amide bonds. The summed E-state index contributed by atoms with van der Waals surface area (Å²) in [7, 11) is 1.96. The molecular formula is C15H20N2O. The number of hydrogen-bond donors (Lipinski definition) is 1. The number of aromatic nitrogens is 1. The van der Waals surface area contributed by atoms with Crippen LogP contribution in [0, 0.1) is 6.92 Å². The average Bonchev–Trinajstić information content (AvgIpc) is 2.77. The van der Waals surface area contributed by atoms with Gasteiger partial charge in [0.2, 0.25) is 0 Å². The minimum Gasteiger partial charge on any atom is -0.445 e. The first kappa shape index (κ1) is 12.8. The highest BCUT2D eigenvalue weighted by molar-refractivity contribution is 5.24. The summed E-state index contributed by atoms with van der Waals surface area (Å²) < 4.78 is 5.74. The zero-order valence-electron chi connectivity index (χ0n) is 11.1. The van der Waals surface area contributed by atoms with Crippen LogP contribution in [-0.4, -0.2) is 18.6 Å². The van der Waals surface area contributed by atoms with Crippen LogP contribution in [0.3, 0.4) is 0 Å². The maximum absolute atomic E-state index is 5.74. The fraction of sp³-hybridized carbons (Fsp3) is 0.400. The van der Waals surface area contributed by atoms with Gasteiger partial charge in [-0.1, -0.05) is 29.8 Å². The van der Waals surface area contributed by atoms with Gasteiger partial charge in [-0.15, -0.1) is 0 Å². The molecule has 0 saturated carbocycles. The summed E-state index contributed by atoms with van der Waals surface area (Å²) in [6, 6.07) is 8.45. The van der Waals surface area contributed by atoms with Gasteiger partial charge in [0.25, 0.3) is 0 Å². The van der Waals surface area contributed by atoms with Gasteiger partial charge in [-0.3, -0.25) is 0 Å². The number of nitrogens with one attached hydrogen (secondary N) is 1. The molecule has 1 aromatic heterocycles. The van der Waals surface area contributed by atoms with Crippen molar-refractivity contribution in [3.05, 3.63) is 53.2 Å². The lowest BCUT2D eigenvalue weighted by molar-refractivity contribution is 0.457. The maximum atomic E-state index is 5.74. The Labute approximate surface area is 108 Å². The first-order valence-electron chi connectivity index (χ1n) is 6.41. The molecule has 0 saturated heterocycles. The third-order valence-corrected chi connectivity index (χ3v) is 2.89. The first-order valence-corrected chi connectivity index (χ1v) is 6.41.